The number of benzene rings is 2. The molecule has 4 rings (SSSR count). The number of fused-ring (bicyclic) bond motifs is 1. The Morgan fingerprint density at radius 1 is 1.09 bits per heavy atom. The SMILES string of the molecule is COc1ccc(CCNC(=O)Cn2cnc3cc(-c4ccc(Cl)cc4)sc3c2=O)cc1OC. The zero-order chi connectivity index (χ0) is 23.4. The molecule has 2 aromatic heterocycles. The monoisotopic (exact) mass is 483 g/mol. The molecule has 0 aliphatic heterocycles. The van der Waals surface area contributed by atoms with E-state index in [4.69, 9.17) is 21.1 Å². The zero-order valence-electron chi connectivity index (χ0n) is 18.1. The van der Waals surface area contributed by atoms with Gasteiger partial charge in [-0.3, -0.25) is 14.2 Å². The third-order valence-electron chi connectivity index (χ3n) is 5.13. The first-order valence-corrected chi connectivity index (χ1v) is 11.4. The number of carbonyl (C=O) groups excluding carboxylic acids is 1. The molecule has 4 aromatic rings. The molecule has 0 bridgehead atoms. The van der Waals surface area contributed by atoms with Crippen molar-refractivity contribution in [1.29, 1.82) is 0 Å². The molecule has 0 atom stereocenters. The lowest BCUT2D eigenvalue weighted by Crippen LogP contribution is -2.33. The molecule has 9 heteroatoms. The van der Waals surface area contributed by atoms with Gasteiger partial charge in [-0.05, 0) is 47.9 Å². The summed E-state index contributed by atoms with van der Waals surface area (Å²) >= 11 is 7.31. The Morgan fingerprint density at radius 2 is 1.85 bits per heavy atom. The molecule has 0 saturated heterocycles. The van der Waals surface area contributed by atoms with E-state index < -0.39 is 0 Å². The Morgan fingerprint density at radius 3 is 2.58 bits per heavy atom. The molecule has 7 nitrogen and oxygen atoms in total. The average Bonchev–Trinajstić information content (AvgIpc) is 3.26. The van der Waals surface area contributed by atoms with Crippen LogP contribution in [0.4, 0.5) is 0 Å². The summed E-state index contributed by atoms with van der Waals surface area (Å²) in [5.41, 5.74) is 2.34. The molecule has 0 radical (unpaired) electrons. The largest absolute Gasteiger partial charge is 0.493 e. The predicted octanol–water partition coefficient (Wildman–Crippen LogP) is 4.15. The van der Waals surface area contributed by atoms with Crippen LogP contribution in [0.3, 0.4) is 0 Å². The van der Waals surface area contributed by atoms with Crippen LogP contribution in [0.15, 0.2) is 59.7 Å². The van der Waals surface area contributed by atoms with Crippen LogP contribution in [0, 0.1) is 0 Å². The second kappa shape index (κ2) is 10.1. The molecular formula is C24H22ClN3O4S. The fourth-order valence-electron chi connectivity index (χ4n) is 3.41. The Bertz CT molecular complexity index is 1350. The second-order valence-electron chi connectivity index (χ2n) is 7.30. The van der Waals surface area contributed by atoms with Crippen molar-refractivity contribution in [3.63, 3.8) is 0 Å². The van der Waals surface area contributed by atoms with Gasteiger partial charge in [0, 0.05) is 16.4 Å². The van der Waals surface area contributed by atoms with Crippen LogP contribution in [-0.2, 0) is 17.8 Å². The van der Waals surface area contributed by atoms with E-state index in [1.165, 1.54) is 22.2 Å². The molecule has 2 aromatic carbocycles. The predicted molar refractivity (Wildman–Crippen MR) is 131 cm³/mol. The minimum absolute atomic E-state index is 0.0954. The summed E-state index contributed by atoms with van der Waals surface area (Å²) in [7, 11) is 3.17. The van der Waals surface area contributed by atoms with Crippen LogP contribution >= 0.6 is 22.9 Å². The number of thiophene rings is 1. The normalized spacial score (nSPS) is 10.9. The quantitative estimate of drug-likeness (QED) is 0.407. The number of halogens is 1. The van der Waals surface area contributed by atoms with Gasteiger partial charge in [0.1, 0.15) is 11.2 Å². The van der Waals surface area contributed by atoms with Gasteiger partial charge >= 0.3 is 0 Å². The van der Waals surface area contributed by atoms with Crippen LogP contribution in [0.5, 0.6) is 11.5 Å². The molecule has 0 aliphatic carbocycles. The van der Waals surface area contributed by atoms with E-state index >= 15 is 0 Å². The molecule has 0 unspecified atom stereocenters. The van der Waals surface area contributed by atoms with Gasteiger partial charge in [0.05, 0.1) is 26.1 Å². The van der Waals surface area contributed by atoms with Crippen molar-refractivity contribution in [2.75, 3.05) is 20.8 Å². The summed E-state index contributed by atoms with van der Waals surface area (Å²) in [6.45, 7) is 0.334. The molecule has 0 fully saturated rings. The first kappa shape index (κ1) is 22.8. The first-order chi connectivity index (χ1) is 16.0. The number of hydrogen-bond acceptors (Lipinski definition) is 6. The number of carbonyl (C=O) groups is 1. The number of aromatic nitrogens is 2. The van der Waals surface area contributed by atoms with Crippen molar-refractivity contribution in [2.24, 2.45) is 0 Å². The highest BCUT2D eigenvalue weighted by molar-refractivity contribution is 7.22. The van der Waals surface area contributed by atoms with Gasteiger partial charge in [-0.2, -0.15) is 0 Å². The van der Waals surface area contributed by atoms with E-state index in [9.17, 15) is 9.59 Å². The molecule has 0 saturated carbocycles. The molecular weight excluding hydrogens is 462 g/mol. The fourth-order valence-corrected chi connectivity index (χ4v) is 4.60. The van der Waals surface area contributed by atoms with E-state index in [1.807, 2.05) is 36.4 Å². The number of rotatable bonds is 8. The summed E-state index contributed by atoms with van der Waals surface area (Å²) in [5.74, 6) is 1.04. The first-order valence-electron chi connectivity index (χ1n) is 10.2. The molecule has 0 spiro atoms. The van der Waals surface area contributed by atoms with E-state index in [1.54, 1.807) is 26.4 Å². The smallest absolute Gasteiger partial charge is 0.271 e. The van der Waals surface area contributed by atoms with Crippen molar-refractivity contribution in [2.45, 2.75) is 13.0 Å². The maximum atomic E-state index is 12.9. The Labute approximate surface area is 199 Å². The van der Waals surface area contributed by atoms with Crippen LogP contribution in [0.1, 0.15) is 5.56 Å². The number of nitrogens with zero attached hydrogens (tertiary/aromatic N) is 2. The van der Waals surface area contributed by atoms with Crippen molar-refractivity contribution in [1.82, 2.24) is 14.9 Å². The van der Waals surface area contributed by atoms with E-state index in [0.717, 1.165) is 16.0 Å². The minimum Gasteiger partial charge on any atom is -0.493 e. The maximum Gasteiger partial charge on any atom is 0.271 e. The lowest BCUT2D eigenvalue weighted by atomic mass is 10.1. The van der Waals surface area contributed by atoms with E-state index in [2.05, 4.69) is 10.3 Å². The summed E-state index contributed by atoms with van der Waals surface area (Å²) < 4.78 is 12.4. The number of amides is 1. The number of nitrogens with one attached hydrogen (secondary N) is 1. The third-order valence-corrected chi connectivity index (χ3v) is 6.54. The van der Waals surface area contributed by atoms with Gasteiger partial charge in [-0.15, -0.1) is 11.3 Å². The zero-order valence-corrected chi connectivity index (χ0v) is 19.7. The summed E-state index contributed by atoms with van der Waals surface area (Å²) in [5, 5.41) is 3.50. The lowest BCUT2D eigenvalue weighted by Gasteiger charge is -2.10. The molecule has 1 amide bonds. The van der Waals surface area contributed by atoms with E-state index in [-0.39, 0.29) is 18.0 Å². The lowest BCUT2D eigenvalue weighted by molar-refractivity contribution is -0.121. The molecule has 170 valence electrons. The molecule has 2 heterocycles. The number of methoxy groups -OCH3 is 2. The van der Waals surface area contributed by atoms with Gasteiger partial charge in [0.25, 0.3) is 5.56 Å². The molecule has 0 aliphatic rings. The van der Waals surface area contributed by atoms with Crippen LogP contribution < -0.4 is 20.3 Å². The van der Waals surface area contributed by atoms with Crippen molar-refractivity contribution in [3.8, 4) is 21.9 Å². The summed E-state index contributed by atoms with van der Waals surface area (Å²) in [4.78, 5) is 30.6. The van der Waals surface area contributed by atoms with Crippen LogP contribution in [0.2, 0.25) is 5.02 Å². The minimum atomic E-state index is -0.256. The van der Waals surface area contributed by atoms with Crippen molar-refractivity contribution in [3.05, 3.63) is 75.8 Å². The summed E-state index contributed by atoms with van der Waals surface area (Å²) in [6, 6.07) is 14.9. The molecule has 1 N–H and O–H groups in total. The van der Waals surface area contributed by atoms with Crippen LogP contribution in [0.25, 0.3) is 20.7 Å². The molecule has 33 heavy (non-hydrogen) atoms. The summed E-state index contributed by atoms with van der Waals surface area (Å²) in [6.07, 6.45) is 2.03. The fraction of sp³-hybridized carbons (Fsp3) is 0.208. The van der Waals surface area contributed by atoms with Crippen molar-refractivity contribution < 1.29 is 14.3 Å². The van der Waals surface area contributed by atoms with Gasteiger partial charge in [-0.1, -0.05) is 29.8 Å². The maximum absolute atomic E-state index is 12.9. The Balaban J connectivity index is 1.41. The van der Waals surface area contributed by atoms with Gasteiger partial charge in [0.2, 0.25) is 5.91 Å². The highest BCUT2D eigenvalue weighted by atomic mass is 35.5. The van der Waals surface area contributed by atoms with Gasteiger partial charge < -0.3 is 14.8 Å². The van der Waals surface area contributed by atoms with Crippen molar-refractivity contribution >= 4 is 39.1 Å². The highest BCUT2D eigenvalue weighted by Crippen LogP contribution is 2.31. The standard InChI is InChI=1S/C24H22ClN3O4S/c1-31-19-8-3-15(11-20(19)32-2)9-10-26-22(29)13-28-14-27-18-12-21(33-23(18)24(28)30)16-4-6-17(25)7-5-16/h3-8,11-12,14H,9-10,13H2,1-2H3,(H,26,29). The van der Waals surface area contributed by atoms with Crippen LogP contribution in [-0.4, -0.2) is 36.2 Å². The highest BCUT2D eigenvalue weighted by Gasteiger charge is 2.13. The van der Waals surface area contributed by atoms with Gasteiger partial charge in [-0.25, -0.2) is 4.98 Å². The topological polar surface area (TPSA) is 82.5 Å². The third kappa shape index (κ3) is 5.18. The number of hydrogen-bond donors (Lipinski definition) is 1. The van der Waals surface area contributed by atoms with Gasteiger partial charge in [0.15, 0.2) is 11.5 Å². The Kier molecular flexibility index (Phi) is 6.96. The van der Waals surface area contributed by atoms with E-state index in [0.29, 0.717) is 39.7 Å². The Hall–Kier alpha value is -3.36. The second-order valence-corrected chi connectivity index (χ2v) is 8.79. The average molecular weight is 484 g/mol. The number of ether oxygens (including phenoxy) is 2.